The first kappa shape index (κ1) is 118. The van der Waals surface area contributed by atoms with Crippen LogP contribution in [-0.4, -0.2) is 566 Å². The van der Waals surface area contributed by atoms with Crippen molar-refractivity contribution in [2.45, 2.75) is 239 Å². The Hall–Kier alpha value is -3.61. The SMILES string of the molecule is O=C(CO)C(O)C(O)C(O)CO.O=C(CO)C(O)C(O)C(O)CO.O=C(CO)C(O)C(O)CO.O=CCC(O)C(O)C(O)CO.O=CCC(O)C(O)CO.OCC1(O)CCC(O)C(O)C1O.OCC1(O)OCC(O)C(O)C1O.OCC1OC(O)(CO)C(O)C1O.OCC1OC(O)C(O)C(O)C1O.OCC1OC(O)CC(O)C1O. The maximum Gasteiger partial charge on any atom is 0.219 e. The number of Topliss-reactive ketones (excluding diaryl/α,β-unsaturated/α-hetero) is 3. The third kappa shape index (κ3) is 41.3. The second kappa shape index (κ2) is 61.7. The van der Waals surface area contributed by atoms with Crippen molar-refractivity contribution in [3.8, 4) is 0 Å². The van der Waals surface area contributed by atoms with Crippen LogP contribution in [0.1, 0.15) is 32.1 Å². The van der Waals surface area contributed by atoms with Gasteiger partial charge in [-0.25, -0.2) is 0 Å². The Balaban J connectivity index is -0.000000383. The van der Waals surface area contributed by atoms with Gasteiger partial charge in [-0.15, -0.1) is 0 Å². The Morgan fingerprint density at radius 2 is 0.743 bits per heavy atom. The lowest BCUT2D eigenvalue weighted by atomic mass is 9.79. The molecule has 54 heteroatoms. The topological polar surface area (TPSA) is 1030 Å². The molecular formula is C59H118O54. The molecule has 0 amide bonds. The number of rotatable bonds is 29. The summed E-state index contributed by atoms with van der Waals surface area (Å²) in [5.74, 6) is -7.24. The van der Waals surface area contributed by atoms with Crippen LogP contribution in [0, 0.1) is 0 Å². The molecule has 113 heavy (non-hydrogen) atoms. The number of aliphatic hydroxyl groups is 45. The molecule has 45 N–H and O–H groups in total. The number of aldehydes is 2. The summed E-state index contributed by atoms with van der Waals surface area (Å²) in [6.07, 6.45) is -42.9. The number of ether oxygens (including phenoxy) is 4. The fraction of sp³-hybridized carbons (Fsp3) is 0.915. The predicted molar refractivity (Wildman–Crippen MR) is 353 cm³/mol. The molecule has 0 radical (unpaired) electrons. The Morgan fingerprint density at radius 3 is 1.11 bits per heavy atom. The lowest BCUT2D eigenvalue weighted by Gasteiger charge is -2.40. The van der Waals surface area contributed by atoms with Gasteiger partial charge < -0.3 is 258 Å². The first-order chi connectivity index (χ1) is 52.3. The molecule has 34 unspecified atom stereocenters. The van der Waals surface area contributed by atoms with E-state index in [0.717, 1.165) is 0 Å². The quantitative estimate of drug-likeness (QED) is 0.0309. The standard InChI is InChI=1S/C7H14O5.5C6H12O6.2C6H12O5.C5H10O5.C5H10O4/c8-3-7(12)2-1-4(9)5(10)6(7)11;7-2-6(11)5(10)4(9)3(8)1-12-6;7-1-3-4(9)5(10)6(11,2-8)12-3;7-1-2-3(8)4(9)5(10)6(11)12-2;2*7-1-3(9)5(11)6(12)4(10)2-8;7-2-4-6(10)3(8)1-5(9)11-4;7-2-1-4(9)6(11)5(10)3-8;6-1-3(8)5(10)4(9)2-7;6-2-1-4(8)5(9)3-7/h4-6,8-12H,1-3H2;2*3-5,7-11H,1-2H2;2-11H,1H2;2*3,5-9,11-12H,1-2H2;3-10H,1-2H2;2,4-6,8-11H,1,3H2;3,5-8,10H,1-2H2;2,4-5,7-9H,1,3H2. The summed E-state index contributed by atoms with van der Waals surface area (Å²) in [6, 6.07) is 0. The Morgan fingerprint density at radius 1 is 0.363 bits per heavy atom. The number of hydrogen-bond acceptors (Lipinski definition) is 54. The van der Waals surface area contributed by atoms with E-state index in [0.29, 0.717) is 12.6 Å². The van der Waals surface area contributed by atoms with Gasteiger partial charge in [0.15, 0.2) is 29.9 Å². The Kier molecular flexibility index (Phi) is 64.3. The molecule has 0 aromatic rings. The number of hydrogen-bond donors (Lipinski definition) is 45. The molecule has 678 valence electrons. The third-order valence-corrected chi connectivity index (χ3v) is 16.0. The highest BCUT2D eigenvalue weighted by Crippen LogP contribution is 2.30. The molecule has 34 atom stereocenters. The summed E-state index contributed by atoms with van der Waals surface area (Å²) in [7, 11) is 0. The molecule has 54 nitrogen and oxygen atoms in total. The zero-order valence-corrected chi connectivity index (χ0v) is 60.0. The zero-order chi connectivity index (χ0) is 89.5. The molecule has 0 aromatic heterocycles. The minimum Gasteiger partial charge on any atom is -0.394 e. The molecule has 0 bridgehead atoms. The predicted octanol–water partition coefficient (Wildman–Crippen LogP) is -27.8. The van der Waals surface area contributed by atoms with Crippen LogP contribution >= 0.6 is 0 Å². The zero-order valence-electron chi connectivity index (χ0n) is 60.0. The van der Waals surface area contributed by atoms with E-state index in [1.165, 1.54) is 0 Å². The van der Waals surface area contributed by atoms with E-state index in [1.54, 1.807) is 0 Å². The summed E-state index contributed by atoms with van der Waals surface area (Å²) >= 11 is 0. The molecule has 1 saturated carbocycles. The number of ketones is 3. The first-order valence-corrected chi connectivity index (χ1v) is 33.2. The van der Waals surface area contributed by atoms with Gasteiger partial charge in [0.2, 0.25) is 11.6 Å². The monoisotopic (exact) mass is 1690 g/mol. The van der Waals surface area contributed by atoms with Crippen LogP contribution in [0.4, 0.5) is 0 Å². The third-order valence-electron chi connectivity index (χ3n) is 16.0. The second-order valence-electron chi connectivity index (χ2n) is 24.6. The molecule has 4 aliphatic heterocycles. The van der Waals surface area contributed by atoms with Gasteiger partial charge in [-0.3, -0.25) is 14.4 Å². The minimum absolute atomic E-state index is 0.0162. The van der Waals surface area contributed by atoms with Gasteiger partial charge in [0, 0.05) is 19.3 Å². The lowest BCUT2D eigenvalue weighted by Crippen LogP contribution is -2.62. The van der Waals surface area contributed by atoms with Gasteiger partial charge >= 0.3 is 0 Å². The Labute approximate surface area is 639 Å². The number of aliphatic hydroxyl groups excluding tert-OH is 42. The summed E-state index contributed by atoms with van der Waals surface area (Å²) in [5, 5.41) is 396. The number of carbonyl (C=O) groups is 5. The summed E-state index contributed by atoms with van der Waals surface area (Å²) in [6.45, 7) is -10.1. The minimum atomic E-state index is -2.17. The molecule has 0 aromatic carbocycles. The maximum atomic E-state index is 10.5. The lowest BCUT2D eigenvalue weighted by molar-refractivity contribution is -0.331. The van der Waals surface area contributed by atoms with Crippen LogP contribution in [0.5, 0.6) is 0 Å². The molecule has 0 spiro atoms. The normalized spacial score (nSPS) is 33.8. The highest BCUT2D eigenvalue weighted by molar-refractivity contribution is 5.85. The largest absolute Gasteiger partial charge is 0.394 e. The van der Waals surface area contributed by atoms with E-state index < -0.39 is 317 Å². The van der Waals surface area contributed by atoms with Crippen molar-refractivity contribution in [1.82, 2.24) is 0 Å². The van der Waals surface area contributed by atoms with Crippen molar-refractivity contribution in [2.75, 3.05) is 99.1 Å². The molecular weight excluding hydrogens is 1570 g/mol. The van der Waals surface area contributed by atoms with E-state index in [1.807, 2.05) is 0 Å². The van der Waals surface area contributed by atoms with Crippen molar-refractivity contribution in [3.05, 3.63) is 0 Å². The molecule has 4 heterocycles. The van der Waals surface area contributed by atoms with Crippen molar-refractivity contribution in [2.24, 2.45) is 0 Å². The number of carbonyl (C=O) groups excluding carboxylic acids is 5. The van der Waals surface area contributed by atoms with E-state index >= 15 is 0 Å². The first-order valence-electron chi connectivity index (χ1n) is 33.2. The van der Waals surface area contributed by atoms with Crippen molar-refractivity contribution < 1.29 is 273 Å². The fourth-order valence-corrected chi connectivity index (χ4v) is 8.35. The average molecular weight is 1690 g/mol. The summed E-state index contributed by atoms with van der Waals surface area (Å²) in [5.41, 5.74) is -1.67. The van der Waals surface area contributed by atoms with Gasteiger partial charge in [-0.1, -0.05) is 0 Å². The van der Waals surface area contributed by atoms with Crippen LogP contribution in [0.15, 0.2) is 0 Å². The molecule has 1 aliphatic carbocycles. The fourth-order valence-electron chi connectivity index (χ4n) is 8.35. The maximum absolute atomic E-state index is 10.5. The molecule has 5 fully saturated rings. The van der Waals surface area contributed by atoms with Crippen LogP contribution in [0.25, 0.3) is 0 Å². The van der Waals surface area contributed by atoms with Crippen LogP contribution in [0.2, 0.25) is 0 Å². The van der Waals surface area contributed by atoms with Crippen molar-refractivity contribution in [3.63, 3.8) is 0 Å². The highest BCUT2D eigenvalue weighted by Gasteiger charge is 2.53. The Bertz CT molecular complexity index is 2330. The van der Waals surface area contributed by atoms with Gasteiger partial charge in [-0.2, -0.15) is 0 Å². The van der Waals surface area contributed by atoms with Crippen LogP contribution in [-0.2, 0) is 42.9 Å². The molecule has 5 aliphatic rings. The van der Waals surface area contributed by atoms with Crippen LogP contribution < -0.4 is 0 Å². The van der Waals surface area contributed by atoms with Crippen LogP contribution in [0.3, 0.4) is 0 Å². The molecule has 5 rings (SSSR count). The van der Waals surface area contributed by atoms with Crippen molar-refractivity contribution >= 4 is 29.9 Å². The van der Waals surface area contributed by atoms with Gasteiger partial charge in [0.05, 0.1) is 104 Å². The van der Waals surface area contributed by atoms with E-state index in [9.17, 15) is 44.4 Å². The van der Waals surface area contributed by atoms with E-state index in [-0.39, 0.29) is 38.7 Å². The average Bonchev–Trinajstić information content (AvgIpc) is 1.72. The summed E-state index contributed by atoms with van der Waals surface area (Å²) < 4.78 is 18.5. The van der Waals surface area contributed by atoms with Gasteiger partial charge in [0.1, 0.15) is 191 Å². The molecule has 4 saturated heterocycles. The highest BCUT2D eigenvalue weighted by atomic mass is 16.7. The van der Waals surface area contributed by atoms with Crippen molar-refractivity contribution in [1.29, 1.82) is 0 Å². The summed E-state index contributed by atoms with van der Waals surface area (Å²) in [4.78, 5) is 50.9. The smallest absolute Gasteiger partial charge is 0.219 e. The van der Waals surface area contributed by atoms with Gasteiger partial charge in [-0.05, 0) is 12.8 Å². The van der Waals surface area contributed by atoms with Gasteiger partial charge in [0.25, 0.3) is 0 Å². The second-order valence-corrected chi connectivity index (χ2v) is 24.6. The van der Waals surface area contributed by atoms with E-state index in [4.69, 9.17) is 214 Å². The van der Waals surface area contributed by atoms with E-state index in [2.05, 4.69) is 14.2 Å².